The number of nitrogens with one attached hydrogen (secondary N) is 1. The van der Waals surface area contributed by atoms with Crippen LogP contribution in [0.3, 0.4) is 0 Å². The van der Waals surface area contributed by atoms with Gasteiger partial charge in [-0.3, -0.25) is 0 Å². The lowest BCUT2D eigenvalue weighted by Gasteiger charge is -2.14. The lowest BCUT2D eigenvalue weighted by Crippen LogP contribution is -2.19. The zero-order valence-electron chi connectivity index (χ0n) is 8.76. The van der Waals surface area contributed by atoms with Crippen LogP contribution < -0.4 is 5.32 Å². The molecule has 0 amide bonds. The lowest BCUT2D eigenvalue weighted by molar-refractivity contribution is -0.138. The van der Waals surface area contributed by atoms with Crippen LogP contribution in [0.25, 0.3) is 0 Å². The van der Waals surface area contributed by atoms with Crippen molar-refractivity contribution in [3.05, 3.63) is 52.5 Å². The van der Waals surface area contributed by atoms with Crippen LogP contribution in [-0.2, 0) is 4.79 Å². The predicted molar refractivity (Wildman–Crippen MR) is 64.7 cm³/mol. The van der Waals surface area contributed by atoms with Crippen molar-refractivity contribution in [2.24, 2.45) is 0 Å². The number of aliphatic carboxylic acids is 1. The molecule has 0 bridgehead atoms. The molecule has 0 aliphatic carbocycles. The van der Waals surface area contributed by atoms with Crippen molar-refractivity contribution in [2.75, 3.05) is 5.32 Å². The first-order chi connectivity index (χ1) is 8.16. The van der Waals surface area contributed by atoms with Gasteiger partial charge in [0.05, 0.1) is 0 Å². The van der Waals surface area contributed by atoms with Gasteiger partial charge in [-0.15, -0.1) is 11.3 Å². The molecule has 5 heteroatoms. The van der Waals surface area contributed by atoms with Crippen molar-refractivity contribution in [3.63, 3.8) is 0 Å². The fourth-order valence-electron chi connectivity index (χ4n) is 1.42. The van der Waals surface area contributed by atoms with Crippen molar-refractivity contribution >= 4 is 23.0 Å². The van der Waals surface area contributed by atoms with Crippen molar-refractivity contribution in [3.8, 4) is 0 Å². The van der Waals surface area contributed by atoms with E-state index in [2.05, 4.69) is 5.32 Å². The average Bonchev–Trinajstić information content (AvgIpc) is 2.81. The van der Waals surface area contributed by atoms with E-state index >= 15 is 0 Å². The molecule has 0 aliphatic heterocycles. The maximum Gasteiger partial charge on any atom is 0.331 e. The number of carboxylic acids is 1. The van der Waals surface area contributed by atoms with E-state index in [1.54, 1.807) is 12.1 Å². The van der Waals surface area contributed by atoms with Crippen LogP contribution in [0.5, 0.6) is 0 Å². The summed E-state index contributed by atoms with van der Waals surface area (Å²) in [5.74, 6) is -1.31. The van der Waals surface area contributed by atoms with Crippen LogP contribution in [0.4, 0.5) is 10.1 Å². The molecule has 1 aromatic heterocycles. The van der Waals surface area contributed by atoms with Crippen molar-refractivity contribution < 1.29 is 14.3 Å². The smallest absolute Gasteiger partial charge is 0.331 e. The van der Waals surface area contributed by atoms with Gasteiger partial charge in [-0.1, -0.05) is 6.07 Å². The van der Waals surface area contributed by atoms with Crippen molar-refractivity contribution in [1.29, 1.82) is 0 Å². The Morgan fingerprint density at radius 1 is 1.29 bits per heavy atom. The molecular formula is C12H10FNO2S. The number of hydrogen-bond donors (Lipinski definition) is 2. The van der Waals surface area contributed by atoms with Gasteiger partial charge in [-0.2, -0.15) is 0 Å². The maximum atomic E-state index is 12.7. The second-order valence-corrected chi connectivity index (χ2v) is 4.42. The Labute approximate surface area is 102 Å². The third kappa shape index (κ3) is 2.82. The first-order valence-electron chi connectivity index (χ1n) is 4.95. The second-order valence-electron chi connectivity index (χ2n) is 3.44. The number of carboxylic acid groups (broad SMARTS) is 1. The van der Waals surface area contributed by atoms with Crippen LogP contribution in [0.1, 0.15) is 10.9 Å². The Morgan fingerprint density at radius 2 is 2.00 bits per heavy atom. The standard InChI is InChI=1S/C12H10FNO2S/c13-8-3-5-9(6-4-8)14-11(12(15)16)10-2-1-7-17-10/h1-7,11,14H,(H,15,16)/t11-/m0/s1. The molecule has 0 spiro atoms. The molecule has 2 N–H and O–H groups in total. The minimum Gasteiger partial charge on any atom is -0.479 e. The quantitative estimate of drug-likeness (QED) is 0.877. The van der Waals surface area contributed by atoms with Gasteiger partial charge >= 0.3 is 5.97 Å². The number of anilines is 1. The molecular weight excluding hydrogens is 241 g/mol. The summed E-state index contributed by atoms with van der Waals surface area (Å²) in [7, 11) is 0. The van der Waals surface area contributed by atoms with Crippen molar-refractivity contribution in [1.82, 2.24) is 0 Å². The normalized spacial score (nSPS) is 12.1. The van der Waals surface area contributed by atoms with Gasteiger partial charge in [0.2, 0.25) is 0 Å². The van der Waals surface area contributed by atoms with Crippen molar-refractivity contribution in [2.45, 2.75) is 6.04 Å². The van der Waals surface area contributed by atoms with Gasteiger partial charge in [0.25, 0.3) is 0 Å². The van der Waals surface area contributed by atoms with E-state index in [1.165, 1.54) is 35.6 Å². The van der Waals surface area contributed by atoms with E-state index in [9.17, 15) is 9.18 Å². The fraction of sp³-hybridized carbons (Fsp3) is 0.0833. The predicted octanol–water partition coefficient (Wildman–Crippen LogP) is 3.13. The summed E-state index contributed by atoms with van der Waals surface area (Å²) in [5.41, 5.74) is 0.576. The third-order valence-electron chi connectivity index (χ3n) is 2.23. The third-order valence-corrected chi connectivity index (χ3v) is 3.17. The average molecular weight is 251 g/mol. The number of benzene rings is 1. The fourth-order valence-corrected chi connectivity index (χ4v) is 2.19. The minimum absolute atomic E-state index is 0.349. The summed E-state index contributed by atoms with van der Waals surface area (Å²) >= 11 is 1.36. The first-order valence-corrected chi connectivity index (χ1v) is 5.83. The monoisotopic (exact) mass is 251 g/mol. The molecule has 0 saturated heterocycles. The van der Waals surface area contributed by atoms with E-state index < -0.39 is 12.0 Å². The van der Waals surface area contributed by atoms with E-state index in [1.807, 2.05) is 5.38 Å². The Balaban J connectivity index is 2.19. The van der Waals surface area contributed by atoms with Crippen LogP contribution in [0.2, 0.25) is 0 Å². The number of thiophene rings is 1. The van der Waals surface area contributed by atoms with Gasteiger partial charge < -0.3 is 10.4 Å². The SMILES string of the molecule is O=C(O)[C@@H](Nc1ccc(F)cc1)c1cccs1. The number of hydrogen-bond acceptors (Lipinski definition) is 3. The second kappa shape index (κ2) is 4.97. The topological polar surface area (TPSA) is 49.3 Å². The number of halogens is 1. The summed E-state index contributed by atoms with van der Waals surface area (Å²) in [4.78, 5) is 11.8. The Hall–Kier alpha value is -1.88. The number of rotatable bonds is 4. The van der Waals surface area contributed by atoms with Crippen LogP contribution in [0.15, 0.2) is 41.8 Å². The highest BCUT2D eigenvalue weighted by atomic mass is 32.1. The molecule has 1 atom stereocenters. The zero-order valence-corrected chi connectivity index (χ0v) is 9.58. The molecule has 1 aromatic carbocycles. The maximum absolute atomic E-state index is 12.7. The highest BCUT2D eigenvalue weighted by Gasteiger charge is 2.20. The van der Waals surface area contributed by atoms with Crippen LogP contribution >= 0.6 is 11.3 Å². The van der Waals surface area contributed by atoms with Crippen LogP contribution in [-0.4, -0.2) is 11.1 Å². The molecule has 17 heavy (non-hydrogen) atoms. The molecule has 0 unspecified atom stereocenters. The van der Waals surface area contributed by atoms with Gasteiger partial charge in [0, 0.05) is 10.6 Å². The molecule has 88 valence electrons. The molecule has 0 radical (unpaired) electrons. The Morgan fingerprint density at radius 3 is 2.53 bits per heavy atom. The molecule has 0 aliphatic rings. The van der Waals surface area contributed by atoms with Gasteiger partial charge in [0.1, 0.15) is 5.82 Å². The van der Waals surface area contributed by atoms with E-state index in [0.717, 1.165) is 0 Å². The lowest BCUT2D eigenvalue weighted by atomic mass is 10.2. The number of carbonyl (C=O) groups is 1. The summed E-state index contributed by atoms with van der Waals surface area (Å²) in [6.07, 6.45) is 0. The molecule has 0 saturated carbocycles. The molecule has 2 aromatic rings. The molecule has 3 nitrogen and oxygen atoms in total. The highest BCUT2D eigenvalue weighted by molar-refractivity contribution is 7.10. The van der Waals surface area contributed by atoms with Gasteiger partial charge in [0.15, 0.2) is 6.04 Å². The minimum atomic E-state index is -0.961. The Kier molecular flexibility index (Phi) is 3.39. The summed E-state index contributed by atoms with van der Waals surface area (Å²) < 4.78 is 12.7. The van der Waals surface area contributed by atoms with Gasteiger partial charge in [-0.25, -0.2) is 9.18 Å². The first kappa shape index (κ1) is 11.6. The Bertz CT molecular complexity index is 496. The highest BCUT2D eigenvalue weighted by Crippen LogP contribution is 2.23. The molecule has 1 heterocycles. The molecule has 2 rings (SSSR count). The van der Waals surface area contributed by atoms with Gasteiger partial charge in [-0.05, 0) is 35.7 Å². The van der Waals surface area contributed by atoms with E-state index in [4.69, 9.17) is 5.11 Å². The molecule has 0 fully saturated rings. The summed E-state index contributed by atoms with van der Waals surface area (Å²) in [6, 6.07) is 8.34. The largest absolute Gasteiger partial charge is 0.479 e. The van der Waals surface area contributed by atoms with E-state index in [0.29, 0.717) is 10.6 Å². The zero-order chi connectivity index (χ0) is 12.3. The van der Waals surface area contributed by atoms with E-state index in [-0.39, 0.29) is 5.82 Å². The van der Waals surface area contributed by atoms with Crippen LogP contribution in [0, 0.1) is 5.82 Å². The summed E-state index contributed by atoms with van der Waals surface area (Å²) in [5, 5.41) is 13.8. The summed E-state index contributed by atoms with van der Waals surface area (Å²) in [6.45, 7) is 0.